The molecule has 1 nitrogen and oxygen atoms in total. The van der Waals surface area contributed by atoms with E-state index in [-0.39, 0.29) is 0 Å². The fourth-order valence-electron chi connectivity index (χ4n) is 2.99. The molecule has 0 heterocycles. The van der Waals surface area contributed by atoms with Gasteiger partial charge in [-0.05, 0) is 43.4 Å². The highest BCUT2D eigenvalue weighted by Crippen LogP contribution is 2.35. The largest absolute Gasteiger partial charge is 0.378 e. The van der Waals surface area contributed by atoms with Crippen LogP contribution in [0, 0.1) is 17.8 Å². The van der Waals surface area contributed by atoms with Gasteiger partial charge in [0.25, 0.3) is 0 Å². The molecule has 0 bridgehead atoms. The van der Waals surface area contributed by atoms with Gasteiger partial charge in [0.05, 0.1) is 6.10 Å². The van der Waals surface area contributed by atoms with Crippen LogP contribution in [0.4, 0.5) is 0 Å². The van der Waals surface area contributed by atoms with Crippen molar-refractivity contribution in [1.29, 1.82) is 0 Å². The van der Waals surface area contributed by atoms with Crippen LogP contribution >= 0.6 is 0 Å². The molecular formula is C16H32O. The van der Waals surface area contributed by atoms with Crippen molar-refractivity contribution < 1.29 is 4.74 Å². The molecule has 0 aromatic rings. The number of rotatable bonds is 8. The van der Waals surface area contributed by atoms with Gasteiger partial charge in [0.15, 0.2) is 0 Å². The molecule has 0 aromatic carbocycles. The van der Waals surface area contributed by atoms with Gasteiger partial charge in [0.2, 0.25) is 0 Å². The minimum absolute atomic E-state index is 0.571. The Kier molecular flexibility index (Phi) is 7.18. The van der Waals surface area contributed by atoms with Crippen LogP contribution in [0.2, 0.25) is 0 Å². The van der Waals surface area contributed by atoms with Crippen LogP contribution < -0.4 is 0 Å². The lowest BCUT2D eigenvalue weighted by atomic mass is 9.89. The molecule has 0 spiro atoms. The Hall–Kier alpha value is -0.0400. The van der Waals surface area contributed by atoms with Gasteiger partial charge in [-0.1, -0.05) is 47.0 Å². The third-order valence-corrected chi connectivity index (χ3v) is 4.75. The predicted octanol–water partition coefficient (Wildman–Crippen LogP) is 5.04. The molecule has 1 aliphatic rings. The first kappa shape index (κ1) is 15.0. The smallest absolute Gasteiger partial charge is 0.0605 e. The third kappa shape index (κ3) is 4.99. The maximum Gasteiger partial charge on any atom is 0.0605 e. The number of ether oxygens (including phenoxy) is 1. The molecule has 4 unspecified atom stereocenters. The predicted molar refractivity (Wildman–Crippen MR) is 75.2 cm³/mol. The second-order valence-electron chi connectivity index (χ2n) is 6.05. The zero-order chi connectivity index (χ0) is 12.7. The summed E-state index contributed by atoms with van der Waals surface area (Å²) in [6.45, 7) is 10.3. The molecule has 0 radical (unpaired) electrons. The highest BCUT2D eigenvalue weighted by atomic mass is 16.5. The zero-order valence-electron chi connectivity index (χ0n) is 12.4. The van der Waals surface area contributed by atoms with Gasteiger partial charge in [-0.15, -0.1) is 0 Å². The number of hydrogen-bond acceptors (Lipinski definition) is 1. The van der Waals surface area contributed by atoms with E-state index in [1.165, 1.54) is 44.9 Å². The first-order valence-electron chi connectivity index (χ1n) is 7.80. The summed E-state index contributed by atoms with van der Waals surface area (Å²) in [6, 6.07) is 0. The molecule has 0 amide bonds. The van der Waals surface area contributed by atoms with Gasteiger partial charge >= 0.3 is 0 Å². The van der Waals surface area contributed by atoms with E-state index in [9.17, 15) is 0 Å². The van der Waals surface area contributed by atoms with E-state index >= 15 is 0 Å². The van der Waals surface area contributed by atoms with Gasteiger partial charge < -0.3 is 4.74 Å². The Morgan fingerprint density at radius 3 is 2.53 bits per heavy atom. The highest BCUT2D eigenvalue weighted by Gasteiger charge is 2.31. The van der Waals surface area contributed by atoms with Gasteiger partial charge in [0, 0.05) is 6.61 Å². The molecule has 1 rings (SSSR count). The molecule has 1 fully saturated rings. The van der Waals surface area contributed by atoms with Crippen molar-refractivity contribution in [2.45, 2.75) is 78.7 Å². The SMILES string of the molecule is CCC(C)CCCOC1CCCC1C(C)CC. The first-order chi connectivity index (χ1) is 8.19. The van der Waals surface area contributed by atoms with E-state index in [1.807, 2.05) is 0 Å². The Labute approximate surface area is 108 Å². The van der Waals surface area contributed by atoms with Crippen LogP contribution in [-0.4, -0.2) is 12.7 Å². The summed E-state index contributed by atoms with van der Waals surface area (Å²) in [5.74, 6) is 2.55. The topological polar surface area (TPSA) is 9.23 Å². The van der Waals surface area contributed by atoms with Crippen LogP contribution in [0.25, 0.3) is 0 Å². The van der Waals surface area contributed by atoms with Crippen LogP contribution in [0.5, 0.6) is 0 Å². The molecule has 0 aliphatic heterocycles. The number of hydrogen-bond donors (Lipinski definition) is 0. The van der Waals surface area contributed by atoms with E-state index in [4.69, 9.17) is 4.74 Å². The molecule has 1 heteroatoms. The van der Waals surface area contributed by atoms with Gasteiger partial charge in [-0.25, -0.2) is 0 Å². The monoisotopic (exact) mass is 240 g/mol. The molecule has 1 saturated carbocycles. The molecule has 4 atom stereocenters. The summed E-state index contributed by atoms with van der Waals surface area (Å²) in [6.07, 6.45) is 9.84. The van der Waals surface area contributed by atoms with Crippen molar-refractivity contribution in [2.75, 3.05) is 6.61 Å². The molecule has 17 heavy (non-hydrogen) atoms. The van der Waals surface area contributed by atoms with Gasteiger partial charge in [0.1, 0.15) is 0 Å². The average Bonchev–Trinajstić information content (AvgIpc) is 2.81. The van der Waals surface area contributed by atoms with E-state index in [0.717, 1.165) is 24.4 Å². The summed E-state index contributed by atoms with van der Waals surface area (Å²) < 4.78 is 6.13. The van der Waals surface area contributed by atoms with Crippen LogP contribution in [0.1, 0.15) is 72.6 Å². The van der Waals surface area contributed by atoms with E-state index in [2.05, 4.69) is 27.7 Å². The molecule has 1 aliphatic carbocycles. The second-order valence-corrected chi connectivity index (χ2v) is 6.05. The molecule has 102 valence electrons. The van der Waals surface area contributed by atoms with Crippen molar-refractivity contribution in [3.05, 3.63) is 0 Å². The second kappa shape index (κ2) is 8.13. The highest BCUT2D eigenvalue weighted by molar-refractivity contribution is 4.81. The Morgan fingerprint density at radius 1 is 1.12 bits per heavy atom. The van der Waals surface area contributed by atoms with Crippen molar-refractivity contribution in [1.82, 2.24) is 0 Å². The zero-order valence-corrected chi connectivity index (χ0v) is 12.4. The molecule has 0 saturated heterocycles. The lowest BCUT2D eigenvalue weighted by Gasteiger charge is -2.25. The van der Waals surface area contributed by atoms with Crippen LogP contribution in [-0.2, 0) is 4.74 Å². The molecule has 0 aromatic heterocycles. The van der Waals surface area contributed by atoms with Crippen molar-refractivity contribution in [2.24, 2.45) is 17.8 Å². The quantitative estimate of drug-likeness (QED) is 0.540. The van der Waals surface area contributed by atoms with E-state index < -0.39 is 0 Å². The summed E-state index contributed by atoms with van der Waals surface area (Å²) in [7, 11) is 0. The standard InChI is InChI=1S/C16H32O/c1-5-13(3)9-8-12-17-16-11-7-10-15(16)14(4)6-2/h13-16H,5-12H2,1-4H3. The Morgan fingerprint density at radius 2 is 1.88 bits per heavy atom. The fraction of sp³-hybridized carbons (Fsp3) is 1.00. The van der Waals surface area contributed by atoms with Gasteiger partial charge in [-0.2, -0.15) is 0 Å². The van der Waals surface area contributed by atoms with Crippen molar-refractivity contribution in [3.63, 3.8) is 0 Å². The van der Waals surface area contributed by atoms with Crippen LogP contribution in [0.15, 0.2) is 0 Å². The summed E-state index contributed by atoms with van der Waals surface area (Å²) in [5, 5.41) is 0. The van der Waals surface area contributed by atoms with Gasteiger partial charge in [-0.3, -0.25) is 0 Å². The maximum atomic E-state index is 6.13. The lowest BCUT2D eigenvalue weighted by molar-refractivity contribution is 0.00887. The minimum Gasteiger partial charge on any atom is -0.378 e. The minimum atomic E-state index is 0.571. The third-order valence-electron chi connectivity index (χ3n) is 4.75. The Bertz CT molecular complexity index is 190. The summed E-state index contributed by atoms with van der Waals surface area (Å²) >= 11 is 0. The molecular weight excluding hydrogens is 208 g/mol. The van der Waals surface area contributed by atoms with E-state index in [1.54, 1.807) is 0 Å². The van der Waals surface area contributed by atoms with Crippen molar-refractivity contribution in [3.8, 4) is 0 Å². The summed E-state index contributed by atoms with van der Waals surface area (Å²) in [5.41, 5.74) is 0. The average molecular weight is 240 g/mol. The first-order valence-corrected chi connectivity index (χ1v) is 7.80. The maximum absolute atomic E-state index is 6.13. The summed E-state index contributed by atoms with van der Waals surface area (Å²) in [4.78, 5) is 0. The fourth-order valence-corrected chi connectivity index (χ4v) is 2.99. The molecule has 0 N–H and O–H groups in total. The van der Waals surface area contributed by atoms with E-state index in [0.29, 0.717) is 6.10 Å². The van der Waals surface area contributed by atoms with Crippen LogP contribution in [0.3, 0.4) is 0 Å². The lowest BCUT2D eigenvalue weighted by Crippen LogP contribution is -2.24. The normalized spacial score (nSPS) is 28.2. The Balaban J connectivity index is 2.17. The van der Waals surface area contributed by atoms with Crippen molar-refractivity contribution >= 4 is 0 Å².